The van der Waals surface area contributed by atoms with E-state index in [4.69, 9.17) is 20.4 Å². The van der Waals surface area contributed by atoms with Gasteiger partial charge in [0.05, 0.1) is 35.6 Å². The lowest BCUT2D eigenvalue weighted by molar-refractivity contribution is 0.0603. The van der Waals surface area contributed by atoms with Crippen LogP contribution >= 0.6 is 0 Å². The van der Waals surface area contributed by atoms with Gasteiger partial charge in [-0.05, 0) is 106 Å². The summed E-state index contributed by atoms with van der Waals surface area (Å²) in [4.78, 5) is 43.1. The summed E-state index contributed by atoms with van der Waals surface area (Å²) in [6.07, 6.45) is 5.84. The van der Waals surface area contributed by atoms with Crippen molar-refractivity contribution in [1.82, 2.24) is 34.3 Å². The number of benzene rings is 1. The molecule has 3 aliphatic carbocycles. The first-order valence-corrected chi connectivity index (χ1v) is 18.4. The second-order valence-electron chi connectivity index (χ2n) is 15.1. The number of nitrogens with one attached hydrogen (secondary N) is 1. The molecule has 4 fully saturated rings. The van der Waals surface area contributed by atoms with E-state index < -0.39 is 18.4 Å². The second kappa shape index (κ2) is 12.6. The van der Waals surface area contributed by atoms with Gasteiger partial charge in [-0.15, -0.1) is 0 Å². The zero-order valence-corrected chi connectivity index (χ0v) is 29.3. The van der Waals surface area contributed by atoms with Gasteiger partial charge in [0.1, 0.15) is 22.6 Å². The van der Waals surface area contributed by atoms with Crippen LogP contribution in [0.5, 0.6) is 5.75 Å². The molecule has 1 aromatic carbocycles. The number of carbonyl (C=O) groups is 2. The Kier molecular flexibility index (Phi) is 8.01. The number of piperidine rings is 1. The van der Waals surface area contributed by atoms with E-state index in [0.717, 1.165) is 91.1 Å². The molecule has 270 valence electrons. The van der Waals surface area contributed by atoms with E-state index in [-0.39, 0.29) is 35.3 Å². The van der Waals surface area contributed by atoms with E-state index >= 15 is 0 Å². The van der Waals surface area contributed by atoms with E-state index in [1.165, 1.54) is 12.3 Å². The molecule has 0 radical (unpaired) electrons. The number of methoxy groups -OCH3 is 1. The largest absolute Gasteiger partial charge is 0.494 e. The van der Waals surface area contributed by atoms with E-state index in [1.807, 2.05) is 36.1 Å². The minimum atomic E-state index is -2.70. The number of halogens is 2. The summed E-state index contributed by atoms with van der Waals surface area (Å²) in [6, 6.07) is 12.4. The number of imidazole rings is 1. The van der Waals surface area contributed by atoms with Gasteiger partial charge in [0.25, 0.3) is 18.2 Å². The maximum atomic E-state index is 14.0. The first-order chi connectivity index (χ1) is 25.2. The zero-order chi connectivity index (χ0) is 35.8. The van der Waals surface area contributed by atoms with E-state index in [0.29, 0.717) is 35.4 Å². The highest BCUT2D eigenvalue weighted by Crippen LogP contribution is 2.46. The quantitative estimate of drug-likeness (QED) is 0.167. The molecule has 5 aromatic rings. The molecule has 1 saturated heterocycles. The molecule has 4 aromatic heterocycles. The van der Waals surface area contributed by atoms with Crippen LogP contribution in [0.1, 0.15) is 102 Å². The van der Waals surface area contributed by atoms with Crippen molar-refractivity contribution in [3.05, 3.63) is 71.2 Å². The molecular weight excluding hydrogens is 666 g/mol. The van der Waals surface area contributed by atoms with Gasteiger partial charge >= 0.3 is 0 Å². The Labute approximate surface area is 299 Å². The standard InChI is InChI=1S/C39H42F2N8O3/c1-20(44-38(50)24-7-12-30(35(40)41)43-17-24)29-11-6-23-15-32(48(36(23)45-29)18-21-3-4-21)37-46-31-14-25(16-33(52-2)34(31)49(37)26-9-10-26)39(51)47-19-28(42)22-5-8-27(47)13-22/h6-7,11-12,14-17,20-22,26-28,35H,3-5,8-10,13,18-19,42H2,1-2H3,(H,44,50)/t20-,22-,27+,28+/m1/s1. The molecule has 3 saturated carbocycles. The number of nitrogens with zero attached hydrogens (tertiary/aromatic N) is 6. The summed E-state index contributed by atoms with van der Waals surface area (Å²) in [5.41, 5.74) is 10.9. The van der Waals surface area contributed by atoms with Crippen molar-refractivity contribution in [2.24, 2.45) is 17.6 Å². The van der Waals surface area contributed by atoms with Gasteiger partial charge in [0.2, 0.25) is 0 Å². The number of ether oxygens (including phenoxy) is 1. The van der Waals surface area contributed by atoms with Crippen LogP contribution in [0.15, 0.2) is 48.7 Å². The molecule has 4 aliphatic rings. The number of amides is 2. The zero-order valence-electron chi connectivity index (χ0n) is 29.3. The molecule has 52 heavy (non-hydrogen) atoms. The first-order valence-electron chi connectivity index (χ1n) is 18.4. The third-order valence-corrected chi connectivity index (χ3v) is 11.5. The topological polar surface area (TPSA) is 133 Å². The fourth-order valence-electron chi connectivity index (χ4n) is 8.28. The molecule has 0 spiro atoms. The highest BCUT2D eigenvalue weighted by Gasteiger charge is 2.41. The average molecular weight is 709 g/mol. The lowest BCUT2D eigenvalue weighted by Crippen LogP contribution is -2.51. The predicted octanol–water partition coefficient (Wildman–Crippen LogP) is 6.58. The van der Waals surface area contributed by atoms with E-state index in [2.05, 4.69) is 25.5 Å². The maximum Gasteiger partial charge on any atom is 0.280 e. The summed E-state index contributed by atoms with van der Waals surface area (Å²) in [7, 11) is 1.65. The molecule has 5 heterocycles. The molecule has 11 nitrogen and oxygen atoms in total. The molecular formula is C39H42F2N8O3. The molecule has 2 bridgehead atoms. The lowest BCUT2D eigenvalue weighted by atomic mass is 9.94. The van der Waals surface area contributed by atoms with Crippen LogP contribution in [0.4, 0.5) is 8.78 Å². The molecule has 2 amide bonds. The summed E-state index contributed by atoms with van der Waals surface area (Å²) in [6.45, 7) is 3.20. The summed E-state index contributed by atoms with van der Waals surface area (Å²) in [5.74, 6) is 2.04. The van der Waals surface area contributed by atoms with Crippen LogP contribution in [-0.2, 0) is 6.54 Å². The highest BCUT2D eigenvalue weighted by atomic mass is 19.3. The number of alkyl halides is 2. The van der Waals surface area contributed by atoms with Crippen molar-refractivity contribution in [2.45, 2.75) is 89.0 Å². The summed E-state index contributed by atoms with van der Waals surface area (Å²) < 4.78 is 36.5. The molecule has 3 N–H and O–H groups in total. The Morgan fingerprint density at radius 3 is 2.48 bits per heavy atom. The fourth-order valence-corrected chi connectivity index (χ4v) is 8.28. The van der Waals surface area contributed by atoms with Gasteiger partial charge in [-0.2, -0.15) is 0 Å². The van der Waals surface area contributed by atoms with Crippen molar-refractivity contribution in [1.29, 1.82) is 0 Å². The van der Waals surface area contributed by atoms with Crippen LogP contribution in [0, 0.1) is 11.8 Å². The predicted molar refractivity (Wildman–Crippen MR) is 191 cm³/mol. The van der Waals surface area contributed by atoms with Crippen LogP contribution in [0.3, 0.4) is 0 Å². The van der Waals surface area contributed by atoms with E-state index in [9.17, 15) is 18.4 Å². The Balaban J connectivity index is 1.09. The monoisotopic (exact) mass is 708 g/mol. The first kappa shape index (κ1) is 33.0. The Morgan fingerprint density at radius 2 is 1.77 bits per heavy atom. The van der Waals surface area contributed by atoms with Crippen LogP contribution < -0.4 is 15.8 Å². The van der Waals surface area contributed by atoms with E-state index in [1.54, 1.807) is 7.11 Å². The summed E-state index contributed by atoms with van der Waals surface area (Å²) >= 11 is 0. The lowest BCUT2D eigenvalue weighted by Gasteiger charge is -2.37. The minimum Gasteiger partial charge on any atom is -0.494 e. The number of rotatable bonds is 10. The Bertz CT molecular complexity index is 2210. The minimum absolute atomic E-state index is 0.000491. The normalized spacial score (nSPS) is 22.0. The third kappa shape index (κ3) is 5.79. The average Bonchev–Trinajstić information content (AvgIpc) is 4.06. The highest BCUT2D eigenvalue weighted by molar-refractivity contribution is 6.00. The van der Waals surface area contributed by atoms with Gasteiger partial charge in [0, 0.05) is 48.4 Å². The molecule has 13 heteroatoms. The van der Waals surface area contributed by atoms with Gasteiger partial charge in [-0.25, -0.2) is 18.7 Å². The number of aromatic nitrogens is 5. The number of hydrogen-bond donors (Lipinski definition) is 2. The second-order valence-corrected chi connectivity index (χ2v) is 15.1. The fraction of sp³-hybridized carbons (Fsp3) is 0.462. The molecule has 0 unspecified atom stereocenters. The SMILES string of the molecule is COc1cc(C(=O)N2C[C@H](N)[C@@H]3CC[C@H]2C3)cc2nc(-c3cc4ccc([C@@H](C)NC(=O)c5ccc(C(F)F)nc5)nc4n3CC3CC3)n(C3CC3)c12. The van der Waals surface area contributed by atoms with Gasteiger partial charge in [-0.1, -0.05) is 0 Å². The number of fused-ring (bicyclic) bond motifs is 4. The molecule has 1 aliphatic heterocycles. The van der Waals surface area contributed by atoms with Gasteiger partial charge < -0.3 is 29.8 Å². The molecule has 9 rings (SSSR count). The van der Waals surface area contributed by atoms with Gasteiger partial charge in [0.15, 0.2) is 5.82 Å². The number of likely N-dealkylation sites (tertiary alicyclic amines) is 1. The van der Waals surface area contributed by atoms with Crippen molar-refractivity contribution in [3.8, 4) is 17.3 Å². The number of carbonyl (C=O) groups excluding carboxylic acids is 2. The van der Waals surface area contributed by atoms with Crippen molar-refractivity contribution >= 4 is 33.9 Å². The Morgan fingerprint density at radius 1 is 0.981 bits per heavy atom. The van der Waals surface area contributed by atoms with Crippen molar-refractivity contribution < 1.29 is 23.1 Å². The van der Waals surface area contributed by atoms with Crippen LogP contribution in [0.2, 0.25) is 0 Å². The van der Waals surface area contributed by atoms with Crippen molar-refractivity contribution in [2.75, 3.05) is 13.7 Å². The number of nitrogens with two attached hydrogens (primary N) is 1. The number of pyridine rings is 2. The number of hydrogen-bond acceptors (Lipinski definition) is 7. The maximum absolute atomic E-state index is 14.0. The van der Waals surface area contributed by atoms with Crippen LogP contribution in [-0.4, -0.2) is 66.5 Å². The Hall–Kier alpha value is -4.91. The summed E-state index contributed by atoms with van der Waals surface area (Å²) in [5, 5.41) is 3.90. The van der Waals surface area contributed by atoms with Gasteiger partial charge in [-0.3, -0.25) is 14.6 Å². The van der Waals surface area contributed by atoms with Crippen molar-refractivity contribution in [3.63, 3.8) is 0 Å². The third-order valence-electron chi connectivity index (χ3n) is 11.5. The van der Waals surface area contributed by atoms with Crippen LogP contribution in [0.25, 0.3) is 33.6 Å². The smallest absolute Gasteiger partial charge is 0.280 e. The molecule has 4 atom stereocenters.